The summed E-state index contributed by atoms with van der Waals surface area (Å²) < 4.78 is 37.3. The molecule has 0 aliphatic heterocycles. The summed E-state index contributed by atoms with van der Waals surface area (Å²) in [6.45, 7) is 0. The molecule has 86 valence electrons. The first kappa shape index (κ1) is 11.9. The predicted octanol–water partition coefficient (Wildman–Crippen LogP) is 1.76. The van der Waals surface area contributed by atoms with Crippen molar-refractivity contribution in [3.63, 3.8) is 0 Å². The predicted molar refractivity (Wildman–Crippen MR) is 42.8 cm³/mol. The topological polar surface area (TPSA) is 93.3 Å². The molecule has 6 nitrogen and oxygen atoms in total. The normalized spacial score (nSPS) is 10.5. The number of carboxylic acids is 1. The standard InChI is InChI=1S/C7H3F3N2O4/c8-2-1-3(6(9)10)11-4(7(13)14)5(2)12(15)16/h1,6H,(H,13,14). The highest BCUT2D eigenvalue weighted by Crippen LogP contribution is 2.26. The minimum atomic E-state index is -3.21. The molecule has 0 bridgehead atoms. The number of hydrogen-bond acceptors (Lipinski definition) is 4. The number of carboxylic acid groups (broad SMARTS) is 1. The Bertz CT molecular complexity index is 463. The number of aromatic nitrogens is 1. The van der Waals surface area contributed by atoms with Crippen LogP contribution in [0.25, 0.3) is 0 Å². The summed E-state index contributed by atoms with van der Waals surface area (Å²) in [5, 5.41) is 18.8. The molecule has 0 amide bonds. The van der Waals surface area contributed by atoms with Crippen molar-refractivity contribution < 1.29 is 28.0 Å². The van der Waals surface area contributed by atoms with Crippen LogP contribution in [0.2, 0.25) is 0 Å². The molecule has 1 rings (SSSR count). The third kappa shape index (κ3) is 2.07. The van der Waals surface area contributed by atoms with Crippen molar-refractivity contribution in [1.29, 1.82) is 0 Å². The molecule has 0 aromatic carbocycles. The van der Waals surface area contributed by atoms with Crippen molar-refractivity contribution in [2.45, 2.75) is 6.43 Å². The van der Waals surface area contributed by atoms with E-state index in [1.165, 1.54) is 0 Å². The monoisotopic (exact) mass is 236 g/mol. The van der Waals surface area contributed by atoms with E-state index < -0.39 is 40.2 Å². The van der Waals surface area contributed by atoms with Crippen LogP contribution in [0, 0.1) is 15.9 Å². The van der Waals surface area contributed by atoms with E-state index in [1.807, 2.05) is 0 Å². The highest BCUT2D eigenvalue weighted by atomic mass is 19.3. The Morgan fingerprint density at radius 1 is 1.56 bits per heavy atom. The SMILES string of the molecule is O=C(O)c1nc(C(F)F)cc(F)c1[N+](=O)[O-]. The maximum absolute atomic E-state index is 13.0. The van der Waals surface area contributed by atoms with Gasteiger partial charge in [0.15, 0.2) is 0 Å². The molecular formula is C7H3F3N2O4. The molecule has 9 heteroatoms. The molecular weight excluding hydrogens is 233 g/mol. The van der Waals surface area contributed by atoms with Crippen molar-refractivity contribution in [2.75, 3.05) is 0 Å². The first-order chi connectivity index (χ1) is 7.34. The summed E-state index contributed by atoms with van der Waals surface area (Å²) in [5.41, 5.74) is -3.95. The molecule has 1 aromatic heterocycles. The number of alkyl halides is 2. The summed E-state index contributed by atoms with van der Waals surface area (Å²) in [7, 11) is 0. The molecule has 0 radical (unpaired) electrons. The quantitative estimate of drug-likeness (QED) is 0.637. The van der Waals surface area contributed by atoms with Gasteiger partial charge < -0.3 is 5.11 Å². The third-order valence-electron chi connectivity index (χ3n) is 1.57. The first-order valence-electron chi connectivity index (χ1n) is 3.71. The minimum Gasteiger partial charge on any atom is -0.476 e. The van der Waals surface area contributed by atoms with Gasteiger partial charge in [0.2, 0.25) is 11.5 Å². The lowest BCUT2D eigenvalue weighted by molar-refractivity contribution is -0.388. The molecule has 1 heterocycles. The Labute approximate surface area is 85.5 Å². The average molecular weight is 236 g/mol. The van der Waals surface area contributed by atoms with Gasteiger partial charge in [-0.15, -0.1) is 0 Å². The van der Waals surface area contributed by atoms with Crippen LogP contribution in [0.15, 0.2) is 6.07 Å². The number of hydrogen-bond donors (Lipinski definition) is 1. The zero-order valence-electron chi connectivity index (χ0n) is 7.35. The fourth-order valence-electron chi connectivity index (χ4n) is 0.960. The van der Waals surface area contributed by atoms with Gasteiger partial charge in [-0.25, -0.2) is 18.6 Å². The van der Waals surface area contributed by atoms with Gasteiger partial charge in [0.05, 0.1) is 4.92 Å². The van der Waals surface area contributed by atoms with Crippen LogP contribution < -0.4 is 0 Å². The Morgan fingerprint density at radius 2 is 2.12 bits per heavy atom. The van der Waals surface area contributed by atoms with Gasteiger partial charge in [-0.1, -0.05) is 0 Å². The van der Waals surface area contributed by atoms with E-state index >= 15 is 0 Å². The number of nitrogens with zero attached hydrogens (tertiary/aromatic N) is 2. The highest BCUT2D eigenvalue weighted by molar-refractivity contribution is 5.90. The summed E-state index contributed by atoms with van der Waals surface area (Å²) >= 11 is 0. The second-order valence-corrected chi connectivity index (χ2v) is 2.59. The number of rotatable bonds is 3. The Morgan fingerprint density at radius 3 is 2.50 bits per heavy atom. The number of halogens is 3. The second kappa shape index (κ2) is 4.13. The fraction of sp³-hybridized carbons (Fsp3) is 0.143. The highest BCUT2D eigenvalue weighted by Gasteiger charge is 2.29. The molecule has 1 aromatic rings. The average Bonchev–Trinajstić information content (AvgIpc) is 2.15. The van der Waals surface area contributed by atoms with E-state index in [0.717, 1.165) is 0 Å². The smallest absolute Gasteiger partial charge is 0.361 e. The van der Waals surface area contributed by atoms with Gasteiger partial charge >= 0.3 is 11.7 Å². The Balaban J connectivity index is 3.52. The minimum absolute atomic E-state index is 0.134. The Hall–Kier alpha value is -2.19. The van der Waals surface area contributed by atoms with Gasteiger partial charge in [-0.3, -0.25) is 10.1 Å². The van der Waals surface area contributed by atoms with Crippen LogP contribution in [0.5, 0.6) is 0 Å². The molecule has 0 atom stereocenters. The van der Waals surface area contributed by atoms with Gasteiger partial charge in [-0.05, 0) is 0 Å². The van der Waals surface area contributed by atoms with Crippen molar-refractivity contribution in [1.82, 2.24) is 4.98 Å². The molecule has 0 aliphatic rings. The molecule has 0 aliphatic carbocycles. The second-order valence-electron chi connectivity index (χ2n) is 2.59. The van der Waals surface area contributed by atoms with Gasteiger partial charge in [0.1, 0.15) is 5.69 Å². The van der Waals surface area contributed by atoms with E-state index in [4.69, 9.17) is 5.11 Å². The molecule has 1 N–H and O–H groups in total. The molecule has 16 heavy (non-hydrogen) atoms. The van der Waals surface area contributed by atoms with Crippen LogP contribution in [-0.4, -0.2) is 21.0 Å². The van der Waals surface area contributed by atoms with Crippen LogP contribution in [0.1, 0.15) is 22.6 Å². The number of nitro groups is 1. The fourth-order valence-corrected chi connectivity index (χ4v) is 0.960. The molecule has 0 saturated carbocycles. The molecule has 0 fully saturated rings. The van der Waals surface area contributed by atoms with E-state index in [-0.39, 0.29) is 6.07 Å². The Kier molecular flexibility index (Phi) is 3.06. The maximum Gasteiger partial charge on any atom is 0.361 e. The number of pyridine rings is 1. The van der Waals surface area contributed by atoms with Crippen LogP contribution >= 0.6 is 0 Å². The largest absolute Gasteiger partial charge is 0.476 e. The van der Waals surface area contributed by atoms with E-state index in [1.54, 1.807) is 0 Å². The summed E-state index contributed by atoms with van der Waals surface area (Å²) in [6.07, 6.45) is -3.21. The van der Waals surface area contributed by atoms with Crippen LogP contribution in [0.3, 0.4) is 0 Å². The van der Waals surface area contributed by atoms with Gasteiger partial charge in [0.25, 0.3) is 6.43 Å². The van der Waals surface area contributed by atoms with Gasteiger partial charge in [0, 0.05) is 6.07 Å². The van der Waals surface area contributed by atoms with Gasteiger partial charge in [-0.2, -0.15) is 4.39 Å². The number of aromatic carboxylic acids is 1. The first-order valence-corrected chi connectivity index (χ1v) is 3.71. The zero-order valence-corrected chi connectivity index (χ0v) is 7.35. The van der Waals surface area contributed by atoms with Crippen molar-refractivity contribution in [3.05, 3.63) is 33.4 Å². The van der Waals surface area contributed by atoms with E-state index in [0.29, 0.717) is 0 Å². The molecule has 0 spiro atoms. The van der Waals surface area contributed by atoms with Crippen molar-refractivity contribution >= 4 is 11.7 Å². The summed E-state index contributed by atoms with van der Waals surface area (Å²) in [5.74, 6) is -3.61. The molecule has 0 saturated heterocycles. The van der Waals surface area contributed by atoms with E-state index in [2.05, 4.69) is 4.98 Å². The lowest BCUT2D eigenvalue weighted by Crippen LogP contribution is -2.10. The van der Waals surface area contributed by atoms with Crippen molar-refractivity contribution in [2.24, 2.45) is 0 Å². The van der Waals surface area contributed by atoms with E-state index in [9.17, 15) is 28.1 Å². The van der Waals surface area contributed by atoms with Crippen LogP contribution in [0.4, 0.5) is 18.9 Å². The third-order valence-corrected chi connectivity index (χ3v) is 1.57. The lowest BCUT2D eigenvalue weighted by Gasteiger charge is -2.02. The summed E-state index contributed by atoms with van der Waals surface area (Å²) in [6, 6.07) is 0.134. The summed E-state index contributed by atoms with van der Waals surface area (Å²) in [4.78, 5) is 22.3. The maximum atomic E-state index is 13.0. The zero-order chi connectivity index (χ0) is 12.5. The lowest BCUT2D eigenvalue weighted by atomic mass is 10.2. The molecule has 0 unspecified atom stereocenters. The number of carbonyl (C=O) groups is 1. The van der Waals surface area contributed by atoms with Crippen LogP contribution in [-0.2, 0) is 0 Å². The van der Waals surface area contributed by atoms with Crippen molar-refractivity contribution in [3.8, 4) is 0 Å².